The Morgan fingerprint density at radius 1 is 1.00 bits per heavy atom. The molecule has 1 unspecified atom stereocenters. The first kappa shape index (κ1) is 16.0. The summed E-state index contributed by atoms with van der Waals surface area (Å²) in [7, 11) is 4.30. The van der Waals surface area contributed by atoms with Gasteiger partial charge in [-0.3, -0.25) is 0 Å². The van der Waals surface area contributed by atoms with Gasteiger partial charge >= 0.3 is 0 Å². The minimum absolute atomic E-state index is 0.433. The molecule has 2 aromatic rings. The standard InChI is InChI=1S/C22H27N/c1-4-17(15-16-23(2)3)22-20-11-7-5-9-18(20)13-14-19-10-6-8-12-21(19)22/h4-12,17,22H,1,13-16H2,2-3H3. The lowest BCUT2D eigenvalue weighted by atomic mass is 9.77. The second-order valence-electron chi connectivity index (χ2n) is 6.87. The molecule has 1 aliphatic rings. The second kappa shape index (κ2) is 7.14. The highest BCUT2D eigenvalue weighted by Crippen LogP contribution is 2.40. The van der Waals surface area contributed by atoms with E-state index in [4.69, 9.17) is 0 Å². The Bertz CT molecular complexity index is 624. The number of aryl methyl sites for hydroxylation is 2. The average molecular weight is 305 g/mol. The number of rotatable bonds is 5. The van der Waals surface area contributed by atoms with E-state index in [1.165, 1.54) is 22.3 Å². The van der Waals surface area contributed by atoms with Crippen LogP contribution in [-0.2, 0) is 12.8 Å². The van der Waals surface area contributed by atoms with Crippen LogP contribution in [0.1, 0.15) is 34.6 Å². The van der Waals surface area contributed by atoms with Crippen LogP contribution < -0.4 is 0 Å². The van der Waals surface area contributed by atoms with E-state index in [1.807, 2.05) is 0 Å². The van der Waals surface area contributed by atoms with Gasteiger partial charge in [0.15, 0.2) is 0 Å². The lowest BCUT2D eigenvalue weighted by molar-refractivity contribution is 0.361. The van der Waals surface area contributed by atoms with Crippen LogP contribution in [-0.4, -0.2) is 25.5 Å². The molecule has 1 aliphatic carbocycles. The van der Waals surface area contributed by atoms with Crippen molar-refractivity contribution in [3.05, 3.63) is 83.4 Å². The second-order valence-corrected chi connectivity index (χ2v) is 6.87. The number of nitrogens with zero attached hydrogens (tertiary/aromatic N) is 1. The van der Waals surface area contributed by atoms with Crippen LogP contribution in [0.3, 0.4) is 0 Å². The molecule has 23 heavy (non-hydrogen) atoms. The molecule has 0 amide bonds. The summed E-state index contributed by atoms with van der Waals surface area (Å²) in [6.45, 7) is 5.27. The third kappa shape index (κ3) is 3.40. The fourth-order valence-corrected chi connectivity index (χ4v) is 3.86. The zero-order chi connectivity index (χ0) is 16.2. The van der Waals surface area contributed by atoms with Crippen molar-refractivity contribution in [1.29, 1.82) is 0 Å². The summed E-state index contributed by atoms with van der Waals surface area (Å²) in [5, 5.41) is 0. The summed E-state index contributed by atoms with van der Waals surface area (Å²) in [5.74, 6) is 0.903. The molecule has 3 rings (SSSR count). The van der Waals surface area contributed by atoms with Crippen molar-refractivity contribution in [1.82, 2.24) is 4.90 Å². The van der Waals surface area contributed by atoms with Gasteiger partial charge in [-0.2, -0.15) is 0 Å². The Hall–Kier alpha value is -1.86. The largest absolute Gasteiger partial charge is 0.309 e. The van der Waals surface area contributed by atoms with Gasteiger partial charge in [-0.15, -0.1) is 6.58 Å². The maximum Gasteiger partial charge on any atom is 0.0158 e. The number of allylic oxidation sites excluding steroid dienone is 1. The van der Waals surface area contributed by atoms with Crippen LogP contribution in [0.4, 0.5) is 0 Å². The quantitative estimate of drug-likeness (QED) is 0.726. The van der Waals surface area contributed by atoms with Crippen LogP contribution in [0.15, 0.2) is 61.2 Å². The molecule has 0 saturated carbocycles. The van der Waals surface area contributed by atoms with Crippen molar-refractivity contribution in [2.45, 2.75) is 25.2 Å². The highest BCUT2D eigenvalue weighted by Gasteiger charge is 2.28. The smallest absolute Gasteiger partial charge is 0.0158 e. The molecule has 0 saturated heterocycles. The van der Waals surface area contributed by atoms with Crippen LogP contribution in [0.5, 0.6) is 0 Å². The first-order chi connectivity index (χ1) is 11.2. The van der Waals surface area contributed by atoms with E-state index in [2.05, 4.69) is 80.2 Å². The highest BCUT2D eigenvalue weighted by molar-refractivity contribution is 5.46. The lowest BCUT2D eigenvalue weighted by Gasteiger charge is -2.28. The topological polar surface area (TPSA) is 3.24 Å². The molecule has 0 fully saturated rings. The van der Waals surface area contributed by atoms with Crippen molar-refractivity contribution in [2.75, 3.05) is 20.6 Å². The summed E-state index contributed by atoms with van der Waals surface area (Å²) in [6.07, 6.45) is 5.60. The summed E-state index contributed by atoms with van der Waals surface area (Å²) >= 11 is 0. The van der Waals surface area contributed by atoms with Gasteiger partial charge in [-0.1, -0.05) is 54.6 Å². The first-order valence-electron chi connectivity index (χ1n) is 8.63. The molecule has 1 nitrogen and oxygen atoms in total. The summed E-state index contributed by atoms with van der Waals surface area (Å²) in [4.78, 5) is 2.27. The maximum atomic E-state index is 4.17. The van der Waals surface area contributed by atoms with Gasteiger partial charge in [0.2, 0.25) is 0 Å². The van der Waals surface area contributed by atoms with Crippen LogP contribution >= 0.6 is 0 Å². The lowest BCUT2D eigenvalue weighted by Crippen LogP contribution is -2.21. The van der Waals surface area contributed by atoms with E-state index in [-0.39, 0.29) is 0 Å². The van der Waals surface area contributed by atoms with E-state index < -0.39 is 0 Å². The van der Waals surface area contributed by atoms with E-state index in [0.29, 0.717) is 11.8 Å². The predicted molar refractivity (Wildman–Crippen MR) is 99.0 cm³/mol. The molecule has 0 spiro atoms. The van der Waals surface area contributed by atoms with Crippen LogP contribution in [0.25, 0.3) is 0 Å². The van der Waals surface area contributed by atoms with E-state index in [1.54, 1.807) is 0 Å². The highest BCUT2D eigenvalue weighted by atomic mass is 15.0. The molecule has 0 aromatic heterocycles. The molecule has 2 aromatic carbocycles. The van der Waals surface area contributed by atoms with Gasteiger partial charge in [0, 0.05) is 5.92 Å². The Balaban J connectivity index is 2.07. The molecular weight excluding hydrogens is 278 g/mol. The number of benzene rings is 2. The van der Waals surface area contributed by atoms with Gasteiger partial charge in [-0.25, -0.2) is 0 Å². The SMILES string of the molecule is C=CC(CCN(C)C)C1c2ccccc2CCc2ccccc21. The zero-order valence-electron chi connectivity index (χ0n) is 14.3. The minimum atomic E-state index is 0.433. The number of fused-ring (bicyclic) bond motifs is 2. The predicted octanol–water partition coefficient (Wildman–Crippen LogP) is 4.67. The zero-order valence-corrected chi connectivity index (χ0v) is 14.3. The molecule has 0 aliphatic heterocycles. The fourth-order valence-electron chi connectivity index (χ4n) is 3.86. The summed E-state index contributed by atoms with van der Waals surface area (Å²) in [5.41, 5.74) is 6.01. The number of hydrogen-bond acceptors (Lipinski definition) is 1. The number of hydrogen-bond donors (Lipinski definition) is 0. The van der Waals surface area contributed by atoms with E-state index in [9.17, 15) is 0 Å². The average Bonchev–Trinajstić information content (AvgIpc) is 2.73. The minimum Gasteiger partial charge on any atom is -0.309 e. The molecule has 120 valence electrons. The normalized spacial score (nSPS) is 15.6. The third-order valence-corrected chi connectivity index (χ3v) is 5.08. The van der Waals surface area contributed by atoms with E-state index in [0.717, 1.165) is 25.8 Å². The van der Waals surface area contributed by atoms with Crippen molar-refractivity contribution in [2.24, 2.45) is 5.92 Å². The third-order valence-electron chi connectivity index (χ3n) is 5.08. The summed E-state index contributed by atoms with van der Waals surface area (Å²) < 4.78 is 0. The monoisotopic (exact) mass is 305 g/mol. The Morgan fingerprint density at radius 3 is 2.00 bits per heavy atom. The van der Waals surface area contributed by atoms with Crippen LogP contribution in [0.2, 0.25) is 0 Å². The molecule has 1 heteroatoms. The summed E-state index contributed by atoms with van der Waals surface area (Å²) in [6, 6.07) is 18.0. The van der Waals surface area contributed by atoms with Crippen molar-refractivity contribution >= 4 is 0 Å². The van der Waals surface area contributed by atoms with E-state index >= 15 is 0 Å². The van der Waals surface area contributed by atoms with Crippen molar-refractivity contribution < 1.29 is 0 Å². The Morgan fingerprint density at radius 2 is 1.52 bits per heavy atom. The van der Waals surface area contributed by atoms with Gasteiger partial charge in [0.25, 0.3) is 0 Å². The fraction of sp³-hybridized carbons (Fsp3) is 0.364. The molecule has 0 N–H and O–H groups in total. The van der Waals surface area contributed by atoms with Crippen molar-refractivity contribution in [3.8, 4) is 0 Å². The molecule has 0 bridgehead atoms. The van der Waals surface area contributed by atoms with Crippen molar-refractivity contribution in [3.63, 3.8) is 0 Å². The van der Waals surface area contributed by atoms with Gasteiger partial charge in [0.1, 0.15) is 0 Å². The maximum absolute atomic E-state index is 4.17. The Labute approximate surface area is 140 Å². The molecule has 0 radical (unpaired) electrons. The molecule has 0 heterocycles. The first-order valence-corrected chi connectivity index (χ1v) is 8.63. The van der Waals surface area contributed by atoms with Gasteiger partial charge in [0.05, 0.1) is 0 Å². The van der Waals surface area contributed by atoms with Gasteiger partial charge in [-0.05, 0) is 68.1 Å². The Kier molecular flexibility index (Phi) is 4.97. The van der Waals surface area contributed by atoms with Crippen LogP contribution in [0, 0.1) is 5.92 Å². The van der Waals surface area contributed by atoms with Gasteiger partial charge < -0.3 is 4.90 Å². The molecular formula is C22H27N. The molecule has 1 atom stereocenters.